The maximum Gasteiger partial charge on any atom is 0.354 e. The summed E-state index contributed by atoms with van der Waals surface area (Å²) in [6.45, 7) is 1.52. The molecule has 2 bridgehead atoms. The molecular formula is C16H14BrN5O3. The summed E-state index contributed by atoms with van der Waals surface area (Å²) in [5.74, 6) is -0.332. The minimum Gasteiger partial charge on any atom is -0.477 e. The number of aromatic nitrogens is 2. The lowest BCUT2D eigenvalue weighted by Gasteiger charge is -2.35. The zero-order valence-electron chi connectivity index (χ0n) is 13.0. The van der Waals surface area contributed by atoms with Gasteiger partial charge in [0.1, 0.15) is 5.82 Å². The van der Waals surface area contributed by atoms with Crippen molar-refractivity contribution in [1.82, 2.24) is 9.97 Å². The number of nitrogens with zero attached hydrogens (tertiary/aromatic N) is 4. The Hall–Kier alpha value is -2.68. The van der Waals surface area contributed by atoms with Gasteiger partial charge in [-0.05, 0) is 30.7 Å². The number of carboxylic acids is 1. The van der Waals surface area contributed by atoms with Gasteiger partial charge in [-0.15, -0.1) is 0 Å². The first-order chi connectivity index (χ1) is 12.0. The van der Waals surface area contributed by atoms with Crippen LogP contribution >= 0.6 is 15.9 Å². The van der Waals surface area contributed by atoms with E-state index in [4.69, 9.17) is 0 Å². The normalized spacial score (nSPS) is 18.0. The van der Waals surface area contributed by atoms with E-state index in [0.717, 1.165) is 23.1 Å². The summed E-state index contributed by atoms with van der Waals surface area (Å²) in [7, 11) is 0. The smallest absolute Gasteiger partial charge is 0.354 e. The molecule has 2 amide bonds. The van der Waals surface area contributed by atoms with E-state index in [-0.39, 0.29) is 17.8 Å². The zero-order chi connectivity index (χ0) is 17.6. The molecule has 0 saturated carbocycles. The highest BCUT2D eigenvalue weighted by molar-refractivity contribution is 9.10. The molecule has 25 heavy (non-hydrogen) atoms. The third kappa shape index (κ3) is 2.80. The van der Waals surface area contributed by atoms with Gasteiger partial charge in [-0.25, -0.2) is 19.6 Å². The molecule has 2 N–H and O–H groups in total. The SMILES string of the molecule is O=C(O)c1ccc2c(n1)N(C(=O)Nc1cc(Br)ccn1)C1CCN2C1. The first-order valence-corrected chi connectivity index (χ1v) is 8.53. The maximum atomic E-state index is 12.9. The highest BCUT2D eigenvalue weighted by Crippen LogP contribution is 2.39. The third-order valence-corrected chi connectivity index (χ3v) is 4.84. The van der Waals surface area contributed by atoms with Crippen molar-refractivity contribution in [3.63, 3.8) is 0 Å². The van der Waals surface area contributed by atoms with Gasteiger partial charge in [0.15, 0.2) is 11.5 Å². The Kier molecular flexibility index (Phi) is 3.79. The van der Waals surface area contributed by atoms with Crippen LogP contribution in [0.5, 0.6) is 0 Å². The molecule has 4 heterocycles. The molecule has 0 radical (unpaired) electrons. The van der Waals surface area contributed by atoms with Gasteiger partial charge < -0.3 is 10.0 Å². The van der Waals surface area contributed by atoms with Gasteiger partial charge in [0.05, 0.1) is 11.7 Å². The molecule has 2 aliphatic rings. The third-order valence-electron chi connectivity index (χ3n) is 4.35. The first-order valence-electron chi connectivity index (χ1n) is 7.74. The fourth-order valence-corrected chi connectivity index (χ4v) is 3.57. The monoisotopic (exact) mass is 403 g/mol. The number of carbonyl (C=O) groups excluding carboxylic acids is 1. The predicted molar refractivity (Wildman–Crippen MR) is 95.2 cm³/mol. The van der Waals surface area contributed by atoms with Crippen LogP contribution < -0.4 is 15.1 Å². The number of aromatic carboxylic acids is 1. The quantitative estimate of drug-likeness (QED) is 0.799. The Labute approximate surface area is 151 Å². The number of anilines is 3. The molecule has 1 atom stereocenters. The van der Waals surface area contributed by atoms with Gasteiger partial charge in [-0.1, -0.05) is 15.9 Å². The van der Waals surface area contributed by atoms with E-state index in [9.17, 15) is 14.7 Å². The van der Waals surface area contributed by atoms with Gasteiger partial charge in [0.25, 0.3) is 0 Å². The van der Waals surface area contributed by atoms with Gasteiger partial charge in [-0.3, -0.25) is 10.2 Å². The molecule has 8 nitrogen and oxygen atoms in total. The van der Waals surface area contributed by atoms with E-state index in [0.29, 0.717) is 18.2 Å². The van der Waals surface area contributed by atoms with Gasteiger partial charge >= 0.3 is 12.0 Å². The second-order valence-corrected chi connectivity index (χ2v) is 6.81. The topological polar surface area (TPSA) is 98.7 Å². The van der Waals surface area contributed by atoms with Crippen molar-refractivity contribution in [2.24, 2.45) is 0 Å². The van der Waals surface area contributed by atoms with Crippen LogP contribution in [0.15, 0.2) is 34.9 Å². The van der Waals surface area contributed by atoms with Crippen LogP contribution in [0.1, 0.15) is 16.9 Å². The molecule has 128 valence electrons. The van der Waals surface area contributed by atoms with Crippen molar-refractivity contribution in [3.8, 4) is 0 Å². The molecule has 1 unspecified atom stereocenters. The van der Waals surface area contributed by atoms with Crippen molar-refractivity contribution < 1.29 is 14.7 Å². The fraction of sp³-hybridized carbons (Fsp3) is 0.250. The molecule has 1 fully saturated rings. The van der Waals surface area contributed by atoms with Crippen LogP contribution in [0.3, 0.4) is 0 Å². The zero-order valence-corrected chi connectivity index (χ0v) is 14.6. The van der Waals surface area contributed by atoms with Crippen LogP contribution in [-0.4, -0.2) is 46.2 Å². The summed E-state index contributed by atoms with van der Waals surface area (Å²) in [5.41, 5.74) is 0.690. The van der Waals surface area contributed by atoms with Gasteiger partial charge in [0, 0.05) is 23.8 Å². The largest absolute Gasteiger partial charge is 0.477 e. The van der Waals surface area contributed by atoms with Crippen molar-refractivity contribution in [2.45, 2.75) is 12.5 Å². The fourth-order valence-electron chi connectivity index (χ4n) is 3.23. The summed E-state index contributed by atoms with van der Waals surface area (Å²) < 4.78 is 0.801. The second kappa shape index (κ2) is 5.99. The maximum absolute atomic E-state index is 12.9. The average Bonchev–Trinajstić information content (AvgIpc) is 2.99. The Morgan fingerprint density at radius 2 is 2.16 bits per heavy atom. The minimum atomic E-state index is -1.12. The summed E-state index contributed by atoms with van der Waals surface area (Å²) >= 11 is 3.34. The minimum absolute atomic E-state index is 0.0452. The van der Waals surface area contributed by atoms with Crippen molar-refractivity contribution in [3.05, 3.63) is 40.6 Å². The number of urea groups is 1. The van der Waals surface area contributed by atoms with E-state index >= 15 is 0 Å². The van der Waals surface area contributed by atoms with E-state index in [1.807, 2.05) is 0 Å². The highest BCUT2D eigenvalue weighted by atomic mass is 79.9. The molecule has 0 aliphatic carbocycles. The predicted octanol–water partition coefficient (Wildman–Crippen LogP) is 2.57. The lowest BCUT2D eigenvalue weighted by Crippen LogP contribution is -2.48. The molecule has 9 heteroatoms. The number of amides is 2. The highest BCUT2D eigenvalue weighted by Gasteiger charge is 2.40. The number of nitrogens with one attached hydrogen (secondary N) is 1. The molecule has 0 spiro atoms. The lowest BCUT2D eigenvalue weighted by atomic mass is 10.2. The van der Waals surface area contributed by atoms with E-state index in [1.165, 1.54) is 6.07 Å². The molecule has 0 aromatic carbocycles. The molecule has 2 aromatic heterocycles. The van der Waals surface area contributed by atoms with Gasteiger partial charge in [-0.2, -0.15) is 0 Å². The first kappa shape index (κ1) is 15.8. The Morgan fingerprint density at radius 3 is 2.92 bits per heavy atom. The second-order valence-electron chi connectivity index (χ2n) is 5.89. The van der Waals surface area contributed by atoms with Gasteiger partial charge in [0.2, 0.25) is 0 Å². The number of pyridine rings is 2. The Balaban J connectivity index is 1.71. The van der Waals surface area contributed by atoms with Crippen molar-refractivity contribution in [1.29, 1.82) is 0 Å². The number of hydrogen-bond donors (Lipinski definition) is 2. The molecule has 1 saturated heterocycles. The Morgan fingerprint density at radius 1 is 1.32 bits per heavy atom. The molecule has 2 aromatic rings. The van der Waals surface area contributed by atoms with Crippen molar-refractivity contribution >= 4 is 45.3 Å². The van der Waals surface area contributed by atoms with Crippen LogP contribution in [0.2, 0.25) is 0 Å². The number of fused-ring (bicyclic) bond motifs is 4. The summed E-state index contributed by atoms with van der Waals surface area (Å²) in [6.07, 6.45) is 2.39. The van der Waals surface area contributed by atoms with Crippen molar-refractivity contribution in [2.75, 3.05) is 28.2 Å². The number of rotatable bonds is 2. The van der Waals surface area contributed by atoms with E-state index < -0.39 is 5.97 Å². The van der Waals surface area contributed by atoms with Crippen LogP contribution in [0.25, 0.3) is 0 Å². The number of carbonyl (C=O) groups is 2. The summed E-state index contributed by atoms with van der Waals surface area (Å²) in [4.78, 5) is 36.1. The van der Waals surface area contributed by atoms with Crippen LogP contribution in [0, 0.1) is 0 Å². The summed E-state index contributed by atoms with van der Waals surface area (Å²) in [5, 5.41) is 12.0. The van der Waals surface area contributed by atoms with E-state index in [2.05, 4.69) is 36.1 Å². The molecule has 4 rings (SSSR count). The average molecular weight is 404 g/mol. The molecular weight excluding hydrogens is 390 g/mol. The lowest BCUT2D eigenvalue weighted by molar-refractivity contribution is 0.0690. The standard InChI is InChI=1S/C16H14BrN5O3/c17-9-3-5-18-13(7-9)20-16(25)22-10-4-6-21(8-10)12-2-1-11(15(23)24)19-14(12)22/h1-3,5,7,10H,4,6,8H2,(H,23,24)(H,18,20,25). The van der Waals surface area contributed by atoms with Crippen LogP contribution in [0.4, 0.5) is 22.1 Å². The number of carboxylic acid groups (broad SMARTS) is 1. The number of hydrogen-bond acceptors (Lipinski definition) is 5. The van der Waals surface area contributed by atoms with E-state index in [1.54, 1.807) is 29.3 Å². The van der Waals surface area contributed by atoms with Crippen LogP contribution in [-0.2, 0) is 0 Å². The summed E-state index contributed by atoms with van der Waals surface area (Å²) in [6, 6.07) is 6.23. The molecule has 2 aliphatic heterocycles. The Bertz CT molecular complexity index is 875. The number of halogens is 1.